The Balaban J connectivity index is 1.38. The Labute approximate surface area is 249 Å². The molecule has 3 heterocycles. The molecule has 1 N–H and O–H groups in total. The molecule has 9 heteroatoms. The predicted octanol–water partition coefficient (Wildman–Crippen LogP) is 8.04. The monoisotopic (exact) mass is 596 g/mol. The van der Waals surface area contributed by atoms with Gasteiger partial charge in [0.25, 0.3) is 5.56 Å². The quantitative estimate of drug-likeness (QED) is 0.210. The van der Waals surface area contributed by atoms with E-state index < -0.39 is 0 Å². The van der Waals surface area contributed by atoms with Crippen LogP contribution in [0.15, 0.2) is 9.95 Å². The number of nitriles is 1. The summed E-state index contributed by atoms with van der Waals surface area (Å²) >= 11 is 4.51. The lowest BCUT2D eigenvalue weighted by molar-refractivity contribution is -0.113. The van der Waals surface area contributed by atoms with Crippen LogP contribution in [0.3, 0.4) is 0 Å². The number of thioether (sulfide) groups is 1. The number of fused-ring (bicyclic) bond motifs is 2. The highest BCUT2D eigenvalue weighted by atomic mass is 32.2. The largest absolute Gasteiger partial charge is 0.316 e. The molecular formula is C31H40N4O2S3. The van der Waals surface area contributed by atoms with Crippen LogP contribution in [0, 0.1) is 29.6 Å². The molecular weight excluding hydrogens is 557 g/mol. The fourth-order valence-electron chi connectivity index (χ4n) is 6.36. The highest BCUT2D eigenvalue weighted by molar-refractivity contribution is 7.99. The van der Waals surface area contributed by atoms with Crippen LogP contribution in [-0.2, 0) is 24.1 Å². The minimum Gasteiger partial charge on any atom is -0.316 e. The van der Waals surface area contributed by atoms with E-state index in [2.05, 4.69) is 39.1 Å². The summed E-state index contributed by atoms with van der Waals surface area (Å²) in [7, 11) is 0. The Morgan fingerprint density at radius 3 is 2.62 bits per heavy atom. The van der Waals surface area contributed by atoms with E-state index in [-0.39, 0.29) is 28.7 Å². The number of hydrogen-bond acceptors (Lipinski definition) is 7. The van der Waals surface area contributed by atoms with Crippen LogP contribution in [0.5, 0.6) is 0 Å². The molecule has 0 spiro atoms. The van der Waals surface area contributed by atoms with E-state index in [0.717, 1.165) is 79.1 Å². The van der Waals surface area contributed by atoms with Crippen molar-refractivity contribution in [1.29, 1.82) is 5.26 Å². The normalized spacial score (nSPS) is 18.1. The average Bonchev–Trinajstić information content (AvgIpc) is 3.47. The van der Waals surface area contributed by atoms with Crippen molar-refractivity contribution in [1.82, 2.24) is 9.55 Å². The third kappa shape index (κ3) is 5.52. The van der Waals surface area contributed by atoms with Crippen molar-refractivity contribution in [3.05, 3.63) is 36.8 Å². The number of carbonyl (C=O) groups excluding carboxylic acids is 1. The van der Waals surface area contributed by atoms with E-state index in [9.17, 15) is 14.9 Å². The van der Waals surface area contributed by atoms with Gasteiger partial charge in [-0.2, -0.15) is 5.26 Å². The Morgan fingerprint density at radius 1 is 1.20 bits per heavy atom. The third-order valence-electron chi connectivity index (χ3n) is 9.30. The van der Waals surface area contributed by atoms with Crippen molar-refractivity contribution in [2.24, 2.45) is 11.3 Å². The van der Waals surface area contributed by atoms with Gasteiger partial charge in [-0.25, -0.2) is 4.98 Å². The van der Waals surface area contributed by atoms with Gasteiger partial charge in [-0.3, -0.25) is 14.2 Å². The van der Waals surface area contributed by atoms with Crippen molar-refractivity contribution in [3.8, 4) is 6.07 Å². The number of rotatable bonds is 8. The molecule has 40 heavy (non-hydrogen) atoms. The van der Waals surface area contributed by atoms with E-state index in [4.69, 9.17) is 4.98 Å². The molecule has 0 saturated heterocycles. The Kier molecular flexibility index (Phi) is 8.80. The lowest BCUT2D eigenvalue weighted by Crippen LogP contribution is -2.29. The second-order valence-corrected chi connectivity index (χ2v) is 15.1. The molecule has 3 aromatic heterocycles. The summed E-state index contributed by atoms with van der Waals surface area (Å²) in [5.74, 6) is 0.571. The highest BCUT2D eigenvalue weighted by Gasteiger charge is 2.34. The van der Waals surface area contributed by atoms with Gasteiger partial charge in [0.1, 0.15) is 15.9 Å². The van der Waals surface area contributed by atoms with Crippen LogP contribution < -0.4 is 10.9 Å². The molecule has 1 atom stereocenters. The van der Waals surface area contributed by atoms with Crippen molar-refractivity contribution in [3.63, 3.8) is 0 Å². The topological polar surface area (TPSA) is 87.8 Å². The van der Waals surface area contributed by atoms with Crippen molar-refractivity contribution >= 4 is 55.6 Å². The minimum absolute atomic E-state index is 0.0375. The number of amides is 1. The summed E-state index contributed by atoms with van der Waals surface area (Å²) in [5.41, 5.74) is 3.10. The number of aromatic nitrogens is 2. The van der Waals surface area contributed by atoms with Gasteiger partial charge in [0.05, 0.1) is 16.7 Å². The summed E-state index contributed by atoms with van der Waals surface area (Å²) < 4.78 is 1.89. The summed E-state index contributed by atoms with van der Waals surface area (Å²) in [6.07, 6.45) is 10.3. The van der Waals surface area contributed by atoms with Gasteiger partial charge >= 0.3 is 0 Å². The van der Waals surface area contributed by atoms with Gasteiger partial charge in [-0.05, 0) is 67.9 Å². The molecule has 0 aromatic carbocycles. The maximum Gasteiger partial charge on any atom is 0.263 e. The molecule has 1 amide bonds. The van der Waals surface area contributed by atoms with E-state index in [0.29, 0.717) is 21.6 Å². The second-order valence-electron chi connectivity index (χ2n) is 12.0. The van der Waals surface area contributed by atoms with Gasteiger partial charge in [0.2, 0.25) is 5.91 Å². The molecule has 0 bridgehead atoms. The molecule has 0 radical (unpaired) electrons. The number of anilines is 1. The lowest BCUT2D eigenvalue weighted by Gasteiger charge is -2.36. The summed E-state index contributed by atoms with van der Waals surface area (Å²) in [6.45, 7) is 11.1. The van der Waals surface area contributed by atoms with Gasteiger partial charge < -0.3 is 5.32 Å². The van der Waals surface area contributed by atoms with Crippen LogP contribution in [-0.4, -0.2) is 21.2 Å². The van der Waals surface area contributed by atoms with Crippen molar-refractivity contribution < 1.29 is 4.79 Å². The Morgan fingerprint density at radius 2 is 1.95 bits per heavy atom. The fourth-order valence-corrected chi connectivity index (χ4v) is 9.68. The van der Waals surface area contributed by atoms with Crippen LogP contribution in [0.2, 0.25) is 0 Å². The fraction of sp³-hybridized carbons (Fsp3) is 0.613. The number of thiophene rings is 2. The molecule has 2 aliphatic rings. The SMILES string of the molecule is CCc1sc2nc(SCC(=O)Nc3sc4c(c3C#N)CC[C@H](C(C)(C)CC)C4)n(C3CCCCC3)c(=O)c2c1C. The van der Waals surface area contributed by atoms with Crippen LogP contribution >= 0.6 is 34.4 Å². The van der Waals surface area contributed by atoms with Gasteiger partial charge in [0.15, 0.2) is 5.16 Å². The van der Waals surface area contributed by atoms with E-state index in [1.165, 1.54) is 27.9 Å². The lowest BCUT2D eigenvalue weighted by atomic mass is 9.69. The maximum atomic E-state index is 13.8. The minimum atomic E-state index is -0.160. The number of carbonyl (C=O) groups is 1. The number of nitrogens with one attached hydrogen (secondary N) is 1. The number of hydrogen-bond donors (Lipinski definition) is 1. The third-order valence-corrected chi connectivity index (χ3v) is 12.8. The molecule has 6 nitrogen and oxygen atoms in total. The van der Waals surface area contributed by atoms with Crippen LogP contribution in [0.4, 0.5) is 5.00 Å². The molecule has 2 aliphatic carbocycles. The van der Waals surface area contributed by atoms with E-state index >= 15 is 0 Å². The number of aryl methyl sites for hydroxylation is 2. The predicted molar refractivity (Wildman–Crippen MR) is 168 cm³/mol. The zero-order valence-corrected chi connectivity index (χ0v) is 26.8. The molecule has 214 valence electrons. The standard InChI is InChI=1S/C31H40N4O2S3/c1-6-23-18(3)26-28(39-23)34-30(35(29(26)37)20-11-9-8-10-12-20)38-17-25(36)33-27-22(16-32)21-14-13-19(15-24(21)40-27)31(4,5)7-2/h19-20H,6-15,17H2,1-5H3,(H,33,36)/t19-/m0/s1. The first-order valence-electron chi connectivity index (χ1n) is 14.7. The van der Waals surface area contributed by atoms with Gasteiger partial charge in [0, 0.05) is 15.8 Å². The van der Waals surface area contributed by atoms with E-state index in [1.54, 1.807) is 22.7 Å². The van der Waals surface area contributed by atoms with Gasteiger partial charge in [-0.1, -0.05) is 65.1 Å². The first-order valence-corrected chi connectivity index (χ1v) is 17.3. The van der Waals surface area contributed by atoms with Crippen molar-refractivity contribution in [2.75, 3.05) is 11.1 Å². The molecule has 0 unspecified atom stereocenters. The van der Waals surface area contributed by atoms with Crippen LogP contribution in [0.1, 0.15) is 105 Å². The van der Waals surface area contributed by atoms with Crippen LogP contribution in [0.25, 0.3) is 10.2 Å². The molecule has 1 fully saturated rings. The number of nitrogens with zero attached hydrogens (tertiary/aromatic N) is 3. The zero-order valence-electron chi connectivity index (χ0n) is 24.3. The molecule has 0 aliphatic heterocycles. The summed E-state index contributed by atoms with van der Waals surface area (Å²) in [4.78, 5) is 35.2. The average molecular weight is 597 g/mol. The summed E-state index contributed by atoms with van der Waals surface area (Å²) in [5, 5.41) is 15.1. The van der Waals surface area contributed by atoms with Gasteiger partial charge in [-0.15, -0.1) is 22.7 Å². The molecule has 1 saturated carbocycles. The first kappa shape index (κ1) is 29.3. The van der Waals surface area contributed by atoms with E-state index in [1.807, 2.05) is 11.5 Å². The molecule has 3 aromatic rings. The Hall–Kier alpha value is -2.15. The highest BCUT2D eigenvalue weighted by Crippen LogP contribution is 2.45. The maximum absolute atomic E-state index is 13.8. The zero-order chi connectivity index (χ0) is 28.6. The van der Waals surface area contributed by atoms with Crippen molar-refractivity contribution in [2.45, 2.75) is 110 Å². The second kappa shape index (κ2) is 12.0. The first-order chi connectivity index (χ1) is 19.2. The Bertz CT molecular complexity index is 1520. The smallest absolute Gasteiger partial charge is 0.263 e. The summed E-state index contributed by atoms with van der Waals surface area (Å²) in [6, 6.07) is 2.50. The molecule has 5 rings (SSSR count).